The fourth-order valence-electron chi connectivity index (χ4n) is 5.47. The van der Waals surface area contributed by atoms with Gasteiger partial charge in [0.15, 0.2) is 11.5 Å². The lowest BCUT2D eigenvalue weighted by Crippen LogP contribution is -2.33. The molecule has 1 saturated heterocycles. The van der Waals surface area contributed by atoms with Crippen molar-refractivity contribution in [2.75, 3.05) is 24.4 Å². The van der Waals surface area contributed by atoms with Gasteiger partial charge in [-0.25, -0.2) is 4.90 Å². The Morgan fingerprint density at radius 3 is 2.35 bits per heavy atom. The van der Waals surface area contributed by atoms with Crippen molar-refractivity contribution in [2.45, 2.75) is 29.7 Å². The Labute approximate surface area is 254 Å². The summed E-state index contributed by atoms with van der Waals surface area (Å²) in [5, 5.41) is 12.7. The molecular weight excluding hydrogens is 590 g/mol. The summed E-state index contributed by atoms with van der Waals surface area (Å²) in [5.41, 5.74) is 2.60. The van der Waals surface area contributed by atoms with Crippen molar-refractivity contribution in [3.63, 3.8) is 0 Å². The highest BCUT2D eigenvalue weighted by Gasteiger charge is 2.57. The van der Waals surface area contributed by atoms with Gasteiger partial charge in [0.2, 0.25) is 17.7 Å². The molecule has 0 saturated carbocycles. The Balaban J connectivity index is 1.41. The molecule has 2 aliphatic rings. The number of carbonyl (C=O) groups excluding carboxylic acids is 3. The number of anilines is 2. The molecule has 0 bridgehead atoms. The number of hydrogen-bond acceptors (Lipinski definition) is 9. The lowest BCUT2D eigenvalue weighted by atomic mass is 9.83. The van der Waals surface area contributed by atoms with E-state index in [1.807, 2.05) is 19.1 Å². The Bertz CT molecular complexity index is 1800. The second-order valence-electron chi connectivity index (χ2n) is 10.2. The van der Waals surface area contributed by atoms with Crippen molar-refractivity contribution in [3.05, 3.63) is 92.4 Å². The molecule has 1 aromatic heterocycles. The molecule has 12 heteroatoms. The summed E-state index contributed by atoms with van der Waals surface area (Å²) in [6, 6.07) is 18.7. The van der Waals surface area contributed by atoms with Crippen LogP contribution in [-0.4, -0.2) is 46.9 Å². The first kappa shape index (κ1) is 28.6. The van der Waals surface area contributed by atoms with E-state index in [4.69, 9.17) is 9.47 Å². The van der Waals surface area contributed by atoms with Crippen LogP contribution in [0.25, 0.3) is 0 Å². The van der Waals surface area contributed by atoms with Gasteiger partial charge in [-0.3, -0.25) is 23.7 Å². The van der Waals surface area contributed by atoms with Crippen LogP contribution in [0.15, 0.2) is 76.6 Å². The first-order valence-corrected chi connectivity index (χ1v) is 15.0. The first-order chi connectivity index (χ1) is 20.7. The molecule has 10 nitrogen and oxygen atoms in total. The SMILES string of the molecule is COc1ccc(NC(=O)Cn2c3c(sc2=O)[C@@H](c2ccc(O)c(OC)c2)[C@H]2C(=O)N(c4ccc(C)cc4)C(=O)[C@H]2S3)cc1. The molecule has 0 radical (unpaired) electrons. The smallest absolute Gasteiger partial charge is 0.308 e. The minimum Gasteiger partial charge on any atom is -0.504 e. The van der Waals surface area contributed by atoms with E-state index in [2.05, 4.69) is 5.32 Å². The summed E-state index contributed by atoms with van der Waals surface area (Å²) in [5.74, 6) is -1.94. The number of ether oxygens (including phenoxy) is 2. The monoisotopic (exact) mass is 617 g/mol. The largest absolute Gasteiger partial charge is 0.504 e. The van der Waals surface area contributed by atoms with Crippen LogP contribution in [0.3, 0.4) is 0 Å². The number of benzene rings is 3. The standard InChI is InChI=1S/C31H27N3O7S2/c1-16-4-9-19(10-5-16)34-28(37)25-24(17-6-13-21(35)22(14-17)41-3)27-30(42-26(25)29(34)38)33(31(39)43-27)15-23(36)32-18-7-11-20(40-2)12-8-18/h4-14,24-26,35H,15H2,1-3H3,(H,32,36)/t24-,25+,26-/m0/s1. The van der Waals surface area contributed by atoms with Crippen LogP contribution < -0.4 is 24.6 Å². The highest BCUT2D eigenvalue weighted by atomic mass is 32.2. The summed E-state index contributed by atoms with van der Waals surface area (Å²) < 4.78 is 11.9. The number of hydrogen-bond donors (Lipinski definition) is 2. The van der Waals surface area contributed by atoms with Crippen LogP contribution in [0, 0.1) is 12.8 Å². The van der Waals surface area contributed by atoms with Crippen LogP contribution in [0.5, 0.6) is 17.2 Å². The van der Waals surface area contributed by atoms with Crippen molar-refractivity contribution in [1.29, 1.82) is 0 Å². The number of nitrogens with one attached hydrogen (secondary N) is 1. The number of aryl methyl sites for hydroxylation is 1. The summed E-state index contributed by atoms with van der Waals surface area (Å²) in [6.45, 7) is 1.64. The maximum atomic E-state index is 14.0. The lowest BCUT2D eigenvalue weighted by molar-refractivity contribution is -0.122. The Morgan fingerprint density at radius 1 is 0.953 bits per heavy atom. The minimum atomic E-state index is -0.837. The normalized spacial score (nSPS) is 19.1. The predicted octanol–water partition coefficient (Wildman–Crippen LogP) is 4.38. The number of phenolic OH excluding ortho intramolecular Hbond substituents is 1. The summed E-state index contributed by atoms with van der Waals surface area (Å²) in [4.78, 5) is 55.7. The van der Waals surface area contributed by atoms with Gasteiger partial charge >= 0.3 is 4.87 Å². The van der Waals surface area contributed by atoms with Gasteiger partial charge in [-0.1, -0.05) is 46.9 Å². The zero-order valence-corrected chi connectivity index (χ0v) is 25.0. The molecule has 220 valence electrons. The van der Waals surface area contributed by atoms with Crippen molar-refractivity contribution < 1.29 is 29.0 Å². The minimum absolute atomic E-state index is 0.0794. The van der Waals surface area contributed by atoms with E-state index in [0.717, 1.165) is 28.7 Å². The number of carbonyl (C=O) groups is 3. The van der Waals surface area contributed by atoms with E-state index >= 15 is 0 Å². The number of rotatable bonds is 7. The number of amides is 3. The van der Waals surface area contributed by atoms with Gasteiger partial charge in [-0.2, -0.15) is 0 Å². The number of thiazole rings is 1. The van der Waals surface area contributed by atoms with E-state index in [0.29, 0.717) is 32.6 Å². The van der Waals surface area contributed by atoms with Crippen molar-refractivity contribution in [3.8, 4) is 17.2 Å². The molecule has 2 aliphatic heterocycles. The summed E-state index contributed by atoms with van der Waals surface area (Å²) >= 11 is 2.08. The van der Waals surface area contributed by atoms with Gasteiger partial charge in [0, 0.05) is 16.5 Å². The van der Waals surface area contributed by atoms with Crippen molar-refractivity contribution >= 4 is 52.2 Å². The molecule has 43 heavy (non-hydrogen) atoms. The fraction of sp³-hybridized carbons (Fsp3) is 0.226. The number of phenols is 1. The third-order valence-electron chi connectivity index (χ3n) is 7.58. The highest BCUT2D eigenvalue weighted by Crippen LogP contribution is 2.54. The van der Waals surface area contributed by atoms with E-state index < -0.39 is 28.9 Å². The quantitative estimate of drug-likeness (QED) is 0.293. The van der Waals surface area contributed by atoms with E-state index in [1.165, 1.54) is 22.6 Å². The van der Waals surface area contributed by atoms with Gasteiger partial charge in [-0.15, -0.1) is 0 Å². The van der Waals surface area contributed by atoms with Crippen LogP contribution in [-0.2, 0) is 20.9 Å². The summed E-state index contributed by atoms with van der Waals surface area (Å²) in [7, 11) is 2.97. The Kier molecular flexibility index (Phi) is 7.49. The molecule has 0 aliphatic carbocycles. The van der Waals surface area contributed by atoms with Gasteiger partial charge in [0.1, 0.15) is 17.5 Å². The topological polar surface area (TPSA) is 127 Å². The molecule has 3 amide bonds. The molecule has 6 rings (SSSR count). The van der Waals surface area contributed by atoms with Crippen LogP contribution >= 0.6 is 23.1 Å². The zero-order valence-electron chi connectivity index (χ0n) is 23.4. The summed E-state index contributed by atoms with van der Waals surface area (Å²) in [6.07, 6.45) is 0. The molecule has 1 fully saturated rings. The zero-order chi connectivity index (χ0) is 30.4. The van der Waals surface area contributed by atoms with Gasteiger partial charge in [-0.05, 0) is 61.0 Å². The third kappa shape index (κ3) is 5.06. The number of methoxy groups -OCH3 is 2. The van der Waals surface area contributed by atoms with Crippen LogP contribution in [0.2, 0.25) is 0 Å². The number of thioether (sulfide) groups is 1. The van der Waals surface area contributed by atoms with Gasteiger partial charge in [0.25, 0.3) is 0 Å². The number of aromatic nitrogens is 1. The number of fused-ring (bicyclic) bond motifs is 2. The lowest BCUT2D eigenvalue weighted by Gasteiger charge is -2.31. The molecule has 4 aromatic rings. The molecule has 3 heterocycles. The number of aromatic hydroxyl groups is 1. The van der Waals surface area contributed by atoms with E-state index in [-0.39, 0.29) is 28.8 Å². The first-order valence-electron chi connectivity index (χ1n) is 13.4. The maximum absolute atomic E-state index is 14.0. The Hall–Kier alpha value is -4.55. The molecule has 0 unspecified atom stereocenters. The van der Waals surface area contributed by atoms with Crippen LogP contribution in [0.4, 0.5) is 11.4 Å². The molecule has 0 spiro atoms. The molecular formula is C31H27N3O7S2. The second-order valence-corrected chi connectivity index (χ2v) is 12.3. The molecule has 3 aromatic carbocycles. The fourth-order valence-corrected chi connectivity index (χ4v) is 8.24. The average Bonchev–Trinajstić information content (AvgIpc) is 3.44. The Morgan fingerprint density at radius 2 is 1.67 bits per heavy atom. The van der Waals surface area contributed by atoms with Crippen molar-refractivity contribution in [1.82, 2.24) is 4.57 Å². The number of imide groups is 1. The van der Waals surface area contributed by atoms with Gasteiger partial charge in [0.05, 0.1) is 30.9 Å². The van der Waals surface area contributed by atoms with E-state index in [9.17, 15) is 24.3 Å². The maximum Gasteiger partial charge on any atom is 0.308 e. The molecule has 2 N–H and O–H groups in total. The van der Waals surface area contributed by atoms with E-state index in [1.54, 1.807) is 55.6 Å². The average molecular weight is 618 g/mol. The third-order valence-corrected chi connectivity index (χ3v) is 10.2. The van der Waals surface area contributed by atoms with Crippen molar-refractivity contribution in [2.24, 2.45) is 5.92 Å². The number of nitrogens with zero attached hydrogens (tertiary/aromatic N) is 2. The predicted molar refractivity (Wildman–Crippen MR) is 164 cm³/mol. The van der Waals surface area contributed by atoms with Crippen LogP contribution in [0.1, 0.15) is 21.9 Å². The van der Waals surface area contributed by atoms with Gasteiger partial charge < -0.3 is 19.9 Å². The molecule has 3 atom stereocenters. The highest BCUT2D eigenvalue weighted by molar-refractivity contribution is 8.00. The second kappa shape index (κ2) is 11.3.